The Hall–Kier alpha value is -2.16. The molecule has 3 aromatic carbocycles. The minimum Gasteiger partial charge on any atom is -0.507 e. The molecule has 1 amide bonds. The number of Topliss-reactive ketones (excluding diaryl/α,β-unsaturated/α-hetero) is 1. The molecule has 1 atom stereocenters. The number of halogens is 2. The fourth-order valence-corrected chi connectivity index (χ4v) is 5.33. The zero-order chi connectivity index (χ0) is 26.4. The largest absolute Gasteiger partial charge is 0.507 e. The van der Waals surface area contributed by atoms with Crippen molar-refractivity contribution in [2.24, 2.45) is 0 Å². The van der Waals surface area contributed by atoms with E-state index in [9.17, 15) is 14.7 Å². The molecule has 0 aliphatic carbocycles. The van der Waals surface area contributed by atoms with Crippen molar-refractivity contribution in [2.75, 3.05) is 38.7 Å². The Kier molecular flexibility index (Phi) is 10.1. The van der Waals surface area contributed by atoms with Gasteiger partial charge >= 0.3 is 0 Å². The summed E-state index contributed by atoms with van der Waals surface area (Å²) in [6, 6.07) is 14.3. The smallest absolute Gasteiger partial charge is 0.274 e. The monoisotopic (exact) mass is 643 g/mol. The molecular formula is C29H30Cl2N3O4Y-. The van der Waals surface area contributed by atoms with Gasteiger partial charge in [-0.05, 0) is 44.1 Å². The first kappa shape index (κ1) is 31.4. The van der Waals surface area contributed by atoms with E-state index in [-0.39, 0.29) is 70.0 Å². The number of H-pyrrole nitrogens is 1. The van der Waals surface area contributed by atoms with Crippen molar-refractivity contribution in [2.45, 2.75) is 17.7 Å². The van der Waals surface area contributed by atoms with Crippen LogP contribution in [-0.4, -0.2) is 65.3 Å². The second kappa shape index (κ2) is 12.6. The molecular weight excluding hydrogens is 614 g/mol. The topological polar surface area (TPSA) is 85.9 Å². The van der Waals surface area contributed by atoms with Crippen molar-refractivity contribution in [3.63, 3.8) is 0 Å². The molecule has 0 saturated heterocycles. The second-order valence-corrected chi connectivity index (χ2v) is 10.7. The number of carbonyl (C=O) groups excluding carboxylic acids is 2. The van der Waals surface area contributed by atoms with Crippen LogP contribution in [0.25, 0.3) is 21.7 Å². The van der Waals surface area contributed by atoms with E-state index in [1.807, 2.05) is 43.3 Å². The first-order valence-electron chi connectivity index (χ1n) is 12.0. The van der Waals surface area contributed by atoms with Crippen molar-refractivity contribution >= 4 is 62.3 Å². The maximum atomic E-state index is 13.8. The number of ketones is 1. The molecule has 1 aromatic heterocycles. The van der Waals surface area contributed by atoms with E-state index < -0.39 is 4.84 Å². The number of aromatic nitrogens is 1. The minimum absolute atomic E-state index is 0. The van der Waals surface area contributed by atoms with Crippen molar-refractivity contribution in [1.82, 2.24) is 9.88 Å². The number of phenols is 1. The van der Waals surface area contributed by atoms with E-state index in [1.165, 1.54) is 6.92 Å². The van der Waals surface area contributed by atoms with Gasteiger partial charge in [0.1, 0.15) is 28.6 Å². The number of anilines is 1. The Morgan fingerprint density at radius 3 is 2.49 bits per heavy atom. The van der Waals surface area contributed by atoms with E-state index in [0.29, 0.717) is 46.7 Å². The fraction of sp³-hybridized carbons (Fsp3) is 0.276. The van der Waals surface area contributed by atoms with Gasteiger partial charge in [0, 0.05) is 80.1 Å². The summed E-state index contributed by atoms with van der Waals surface area (Å²) >= 11 is 12.7. The predicted octanol–water partition coefficient (Wildman–Crippen LogP) is 6.17. The van der Waals surface area contributed by atoms with E-state index in [2.05, 4.69) is 4.98 Å². The third kappa shape index (κ3) is 5.98. The quantitative estimate of drug-likeness (QED) is 0.143. The van der Waals surface area contributed by atoms with Crippen molar-refractivity contribution in [1.29, 1.82) is 0 Å². The van der Waals surface area contributed by atoms with Crippen LogP contribution in [0.4, 0.5) is 5.69 Å². The number of alkyl halides is 2. The minimum atomic E-state index is -0.743. The number of aromatic hydroxyl groups is 1. The summed E-state index contributed by atoms with van der Waals surface area (Å²) in [6.07, 6.45) is 0. The Labute approximate surface area is 263 Å². The number of rotatable bonds is 7. The van der Waals surface area contributed by atoms with Gasteiger partial charge in [0.25, 0.3) is 5.91 Å². The first-order chi connectivity index (χ1) is 17.7. The molecule has 10 heteroatoms. The number of amides is 1. The maximum Gasteiger partial charge on any atom is 0.274 e. The number of nitrogens with one attached hydrogen (secondary N) is 1. The molecule has 203 valence electrons. The Balaban J connectivity index is 0.00000210. The number of phenolic OH excluding ortho intramolecular Hbond substituents is 1. The fourth-order valence-electron chi connectivity index (χ4n) is 4.92. The molecule has 2 heterocycles. The normalized spacial score (nSPS) is 14.4. The summed E-state index contributed by atoms with van der Waals surface area (Å²) in [5.41, 5.74) is 2.89. The average molecular weight is 644 g/mol. The maximum absolute atomic E-state index is 13.8. The molecule has 1 radical (unpaired) electrons. The van der Waals surface area contributed by atoms with Crippen LogP contribution in [0.5, 0.6) is 11.5 Å². The standard InChI is InChI=1S/C28H27Cl2N3O4.CH3.Y/c1-15(34)19-10-16-11-22(31-21(16)12-25(19)37-9-8-32(2)3)28(36)33-14-20(27(29)30)26-18-7-5-4-6-17(18)24(35)13-23(26)33;;/h4-7,10-13,20,27,31,35H,8-9,14H2,1-3H3;1H3;/q;-1;/t20-;;/m1../s1. The van der Waals surface area contributed by atoms with Crippen molar-refractivity contribution in [3.8, 4) is 11.5 Å². The SMILES string of the molecule is CC(=O)c1cc2cc(C(=O)N3C[C@@H](C(Cl)Cl)c4c3cc(O)c3ccccc43)[nH]c2cc1OCCN(C)C.[CH3-].[Y]. The molecule has 5 rings (SSSR count). The van der Waals surface area contributed by atoms with Crippen LogP contribution in [0.3, 0.4) is 0 Å². The molecule has 0 fully saturated rings. The molecule has 2 N–H and O–H groups in total. The van der Waals surface area contributed by atoms with Crippen molar-refractivity contribution < 1.29 is 52.1 Å². The number of aromatic amines is 1. The van der Waals surface area contributed by atoms with Gasteiger partial charge in [-0.15, -0.1) is 23.2 Å². The molecule has 0 spiro atoms. The first-order valence-corrected chi connectivity index (χ1v) is 12.8. The molecule has 39 heavy (non-hydrogen) atoms. The van der Waals surface area contributed by atoms with Gasteiger partial charge in [0.05, 0.1) is 11.3 Å². The van der Waals surface area contributed by atoms with E-state index >= 15 is 0 Å². The third-order valence-electron chi connectivity index (χ3n) is 6.76. The zero-order valence-corrected chi connectivity index (χ0v) is 26.6. The second-order valence-electron chi connectivity index (χ2n) is 9.56. The summed E-state index contributed by atoms with van der Waals surface area (Å²) in [5, 5.41) is 12.9. The van der Waals surface area contributed by atoms with E-state index in [0.717, 1.165) is 16.3 Å². The Morgan fingerprint density at radius 2 is 1.85 bits per heavy atom. The third-order valence-corrected chi connectivity index (χ3v) is 7.37. The number of hydrogen-bond acceptors (Lipinski definition) is 5. The number of nitrogens with zero attached hydrogens (tertiary/aromatic N) is 2. The molecule has 0 bridgehead atoms. The van der Waals surface area contributed by atoms with Gasteiger partial charge in [0.2, 0.25) is 0 Å². The molecule has 1 aliphatic rings. The Morgan fingerprint density at radius 1 is 1.15 bits per heavy atom. The summed E-state index contributed by atoms with van der Waals surface area (Å²) in [5.74, 6) is -0.181. The zero-order valence-electron chi connectivity index (χ0n) is 22.3. The van der Waals surface area contributed by atoms with Gasteiger partial charge in [-0.1, -0.05) is 24.3 Å². The van der Waals surface area contributed by atoms with Crippen LogP contribution in [0, 0.1) is 7.43 Å². The average Bonchev–Trinajstić information content (AvgIpc) is 3.44. The summed E-state index contributed by atoms with van der Waals surface area (Å²) in [7, 11) is 3.89. The summed E-state index contributed by atoms with van der Waals surface area (Å²) in [4.78, 5) is 32.1. The molecule has 0 saturated carbocycles. The molecule has 4 aromatic rings. The van der Waals surface area contributed by atoms with E-state index in [1.54, 1.807) is 29.2 Å². The van der Waals surface area contributed by atoms with Gasteiger partial charge in [-0.2, -0.15) is 0 Å². The summed E-state index contributed by atoms with van der Waals surface area (Å²) in [6.45, 7) is 2.88. The van der Waals surface area contributed by atoms with Crippen molar-refractivity contribution in [3.05, 3.63) is 72.8 Å². The predicted molar refractivity (Wildman–Crippen MR) is 154 cm³/mol. The number of benzene rings is 3. The number of fused-ring (bicyclic) bond motifs is 4. The molecule has 7 nitrogen and oxygen atoms in total. The molecule has 0 unspecified atom stereocenters. The molecule has 1 aliphatic heterocycles. The van der Waals surface area contributed by atoms with Crippen LogP contribution in [0.1, 0.15) is 39.3 Å². The van der Waals surface area contributed by atoms with Crippen LogP contribution in [0.15, 0.2) is 48.5 Å². The number of ether oxygens (including phenoxy) is 1. The summed E-state index contributed by atoms with van der Waals surface area (Å²) < 4.78 is 5.89. The van der Waals surface area contributed by atoms with Gasteiger partial charge in [0.15, 0.2) is 5.78 Å². The van der Waals surface area contributed by atoms with Gasteiger partial charge in [-0.25, -0.2) is 0 Å². The number of carbonyl (C=O) groups is 2. The van der Waals surface area contributed by atoms with Gasteiger partial charge in [-0.3, -0.25) is 9.59 Å². The van der Waals surface area contributed by atoms with Crippen LogP contribution >= 0.6 is 23.2 Å². The number of likely N-dealkylation sites (N-methyl/N-ethyl adjacent to an activating group) is 1. The Bertz CT molecular complexity index is 1540. The van der Waals surface area contributed by atoms with Gasteiger partial charge < -0.3 is 32.1 Å². The van der Waals surface area contributed by atoms with Crippen LogP contribution < -0.4 is 9.64 Å². The van der Waals surface area contributed by atoms with Crippen LogP contribution in [-0.2, 0) is 32.7 Å². The number of hydrogen-bond donors (Lipinski definition) is 2. The van der Waals surface area contributed by atoms with E-state index in [4.69, 9.17) is 27.9 Å². The van der Waals surface area contributed by atoms with Crippen LogP contribution in [0.2, 0.25) is 0 Å².